The maximum atomic E-state index is 12.3. The molecule has 2 heterocycles. The molecular formula is C27H31NO4. The number of rotatable bonds is 5. The van der Waals surface area contributed by atoms with Crippen LogP contribution >= 0.6 is 0 Å². The minimum Gasteiger partial charge on any atom is -0.497 e. The number of fused-ring (bicyclic) bond motifs is 2. The highest BCUT2D eigenvalue weighted by Crippen LogP contribution is 2.63. The van der Waals surface area contributed by atoms with Gasteiger partial charge in [0.25, 0.3) is 0 Å². The SMILES string of the molecule is CC[C@]12Cc3ccc(OCc4ccccc4)c4c3C3[C@@H](O4)C(OC)=CC[C@@]3(O)C1N(C)C2. The Bertz CT molecular complexity index is 1080. The van der Waals surface area contributed by atoms with E-state index in [0.29, 0.717) is 13.0 Å². The number of likely N-dealkylation sites (tertiary alicyclic amines) is 1. The van der Waals surface area contributed by atoms with Crippen molar-refractivity contribution in [1.82, 2.24) is 4.90 Å². The van der Waals surface area contributed by atoms with Crippen LogP contribution in [0.1, 0.15) is 42.4 Å². The lowest BCUT2D eigenvalue weighted by atomic mass is 9.58. The van der Waals surface area contributed by atoms with E-state index in [1.807, 2.05) is 24.3 Å². The Labute approximate surface area is 189 Å². The number of aliphatic hydroxyl groups is 1. The van der Waals surface area contributed by atoms with Gasteiger partial charge in [0.05, 0.1) is 18.6 Å². The van der Waals surface area contributed by atoms with Crippen LogP contribution in [0.3, 0.4) is 0 Å². The Kier molecular flexibility index (Phi) is 4.40. The first kappa shape index (κ1) is 20.1. The van der Waals surface area contributed by atoms with Crippen molar-refractivity contribution in [2.45, 2.75) is 56.5 Å². The molecule has 2 unspecified atom stereocenters. The Balaban J connectivity index is 1.48. The molecule has 2 aliphatic heterocycles. The molecule has 1 saturated heterocycles. The van der Waals surface area contributed by atoms with E-state index in [-0.39, 0.29) is 23.5 Å². The summed E-state index contributed by atoms with van der Waals surface area (Å²) in [5.74, 6) is 2.18. The van der Waals surface area contributed by atoms with E-state index in [2.05, 4.69) is 43.1 Å². The molecule has 5 atom stereocenters. The molecule has 1 fully saturated rings. The highest BCUT2D eigenvalue weighted by Gasteiger charge is 2.67. The van der Waals surface area contributed by atoms with Gasteiger partial charge in [0.15, 0.2) is 17.6 Å². The third-order valence-corrected chi connectivity index (χ3v) is 8.34. The van der Waals surface area contributed by atoms with E-state index < -0.39 is 5.60 Å². The first-order valence-corrected chi connectivity index (χ1v) is 11.7. The second kappa shape index (κ2) is 7.00. The lowest BCUT2D eigenvalue weighted by molar-refractivity contribution is -0.186. The zero-order chi connectivity index (χ0) is 22.1. The first-order chi connectivity index (χ1) is 15.5. The third-order valence-electron chi connectivity index (χ3n) is 8.34. The fourth-order valence-corrected chi connectivity index (χ4v) is 7.06. The van der Waals surface area contributed by atoms with Crippen molar-refractivity contribution in [2.24, 2.45) is 5.41 Å². The molecule has 0 amide bonds. The first-order valence-electron chi connectivity index (χ1n) is 11.7. The van der Waals surface area contributed by atoms with Gasteiger partial charge in [-0.3, -0.25) is 4.90 Å². The molecule has 2 aromatic carbocycles. The van der Waals surface area contributed by atoms with Crippen LogP contribution in [-0.4, -0.2) is 48.5 Å². The normalized spacial score (nSPS) is 34.4. The van der Waals surface area contributed by atoms with Crippen molar-refractivity contribution in [3.63, 3.8) is 0 Å². The summed E-state index contributed by atoms with van der Waals surface area (Å²) in [6.45, 7) is 3.75. The van der Waals surface area contributed by atoms with Crippen LogP contribution in [0.4, 0.5) is 0 Å². The largest absolute Gasteiger partial charge is 0.497 e. The molecule has 0 radical (unpaired) electrons. The standard InChI is InChI=1S/C27H31NO4/c1-4-26-14-18-10-11-20(31-15-17-8-6-5-7-9-17)23-21(18)22-24(32-23)19(30-3)12-13-27(22,29)25(26)28(2)16-26/h5-12,22,24-25,29H,4,13-16H2,1-3H3/t22?,24-,25?,26+,27-/m0/s1. The number of hydrogen-bond donors (Lipinski definition) is 1. The van der Waals surface area contributed by atoms with E-state index in [1.54, 1.807) is 7.11 Å². The molecule has 0 bridgehead atoms. The molecule has 0 aromatic heterocycles. The zero-order valence-corrected chi connectivity index (χ0v) is 19.0. The van der Waals surface area contributed by atoms with E-state index in [4.69, 9.17) is 14.2 Å². The summed E-state index contributed by atoms with van der Waals surface area (Å²) in [6.07, 6.45) is 4.29. The van der Waals surface area contributed by atoms with Gasteiger partial charge < -0.3 is 19.3 Å². The smallest absolute Gasteiger partial charge is 0.166 e. The minimum atomic E-state index is -0.899. The predicted molar refractivity (Wildman–Crippen MR) is 122 cm³/mol. The number of nitrogens with zero attached hydrogens (tertiary/aromatic N) is 1. The van der Waals surface area contributed by atoms with Crippen LogP contribution in [0, 0.1) is 5.41 Å². The zero-order valence-electron chi connectivity index (χ0n) is 19.0. The van der Waals surface area contributed by atoms with E-state index >= 15 is 0 Å². The molecule has 4 aliphatic rings. The van der Waals surface area contributed by atoms with Crippen molar-refractivity contribution >= 4 is 0 Å². The Morgan fingerprint density at radius 2 is 2.00 bits per heavy atom. The van der Waals surface area contributed by atoms with Crippen molar-refractivity contribution in [1.29, 1.82) is 0 Å². The molecule has 2 aliphatic carbocycles. The lowest BCUT2D eigenvalue weighted by Crippen LogP contribution is -2.73. The molecule has 0 saturated carbocycles. The third kappa shape index (κ3) is 2.58. The number of likely N-dealkylation sites (N-methyl/N-ethyl adjacent to an activating group) is 1. The summed E-state index contributed by atoms with van der Waals surface area (Å²) in [6, 6.07) is 14.5. The quantitative estimate of drug-likeness (QED) is 0.771. The summed E-state index contributed by atoms with van der Waals surface area (Å²) >= 11 is 0. The predicted octanol–water partition coefficient (Wildman–Crippen LogP) is 4.04. The summed E-state index contributed by atoms with van der Waals surface area (Å²) in [7, 11) is 3.83. The van der Waals surface area contributed by atoms with Gasteiger partial charge in [0.1, 0.15) is 12.4 Å². The Morgan fingerprint density at radius 1 is 1.19 bits per heavy atom. The molecule has 168 valence electrons. The monoisotopic (exact) mass is 433 g/mol. The van der Waals surface area contributed by atoms with Gasteiger partial charge in [-0.2, -0.15) is 0 Å². The van der Waals surface area contributed by atoms with Crippen molar-refractivity contribution in [3.05, 3.63) is 71.0 Å². The van der Waals surface area contributed by atoms with Crippen LogP contribution in [0.2, 0.25) is 0 Å². The number of hydrogen-bond acceptors (Lipinski definition) is 5. The maximum Gasteiger partial charge on any atom is 0.166 e. The van der Waals surface area contributed by atoms with Gasteiger partial charge >= 0.3 is 0 Å². The molecule has 6 rings (SSSR count). The average Bonchev–Trinajstić information content (AvgIpc) is 3.18. The fraction of sp³-hybridized carbons (Fsp3) is 0.481. The molecule has 5 nitrogen and oxygen atoms in total. The highest BCUT2D eigenvalue weighted by molar-refractivity contribution is 5.60. The van der Waals surface area contributed by atoms with Gasteiger partial charge in [0, 0.05) is 30.0 Å². The van der Waals surface area contributed by atoms with Crippen molar-refractivity contribution < 1.29 is 19.3 Å². The van der Waals surface area contributed by atoms with Crippen LogP contribution in [-0.2, 0) is 17.8 Å². The molecule has 5 heteroatoms. The van der Waals surface area contributed by atoms with Gasteiger partial charge in [-0.25, -0.2) is 0 Å². The van der Waals surface area contributed by atoms with Gasteiger partial charge in [0.2, 0.25) is 0 Å². The van der Waals surface area contributed by atoms with Crippen LogP contribution in [0.5, 0.6) is 11.5 Å². The molecule has 2 aromatic rings. The summed E-state index contributed by atoms with van der Waals surface area (Å²) < 4.78 is 18.6. The highest BCUT2D eigenvalue weighted by atomic mass is 16.6. The topological polar surface area (TPSA) is 51.2 Å². The summed E-state index contributed by atoms with van der Waals surface area (Å²) in [5, 5.41) is 12.3. The van der Waals surface area contributed by atoms with E-state index in [0.717, 1.165) is 47.8 Å². The lowest BCUT2D eigenvalue weighted by Gasteiger charge is -2.62. The minimum absolute atomic E-state index is 0.0803. The average molecular weight is 434 g/mol. The Hall–Kier alpha value is -2.50. The van der Waals surface area contributed by atoms with Crippen LogP contribution < -0.4 is 9.47 Å². The molecule has 32 heavy (non-hydrogen) atoms. The number of benzene rings is 2. The fourth-order valence-electron chi connectivity index (χ4n) is 7.06. The van der Waals surface area contributed by atoms with E-state index in [9.17, 15) is 5.11 Å². The molecular weight excluding hydrogens is 402 g/mol. The van der Waals surface area contributed by atoms with Crippen LogP contribution in [0.25, 0.3) is 0 Å². The maximum absolute atomic E-state index is 12.3. The van der Waals surface area contributed by atoms with Crippen molar-refractivity contribution in [2.75, 3.05) is 20.7 Å². The van der Waals surface area contributed by atoms with Gasteiger partial charge in [-0.15, -0.1) is 0 Å². The second-order valence-corrected chi connectivity index (χ2v) is 9.97. The molecule has 1 N–H and O–H groups in total. The van der Waals surface area contributed by atoms with Gasteiger partial charge in [-0.1, -0.05) is 43.3 Å². The summed E-state index contributed by atoms with van der Waals surface area (Å²) in [5.41, 5.74) is 2.71. The second-order valence-electron chi connectivity index (χ2n) is 9.97. The van der Waals surface area contributed by atoms with Crippen LogP contribution in [0.15, 0.2) is 54.3 Å². The Morgan fingerprint density at radius 3 is 2.72 bits per heavy atom. The number of ether oxygens (including phenoxy) is 3. The van der Waals surface area contributed by atoms with Crippen molar-refractivity contribution in [3.8, 4) is 11.5 Å². The summed E-state index contributed by atoms with van der Waals surface area (Å²) in [4.78, 5) is 2.34. The number of methoxy groups -OCH3 is 1. The van der Waals surface area contributed by atoms with Gasteiger partial charge in [-0.05, 0) is 43.2 Å². The van der Waals surface area contributed by atoms with E-state index in [1.165, 1.54) is 5.56 Å². The molecule has 0 spiro atoms.